The Morgan fingerprint density at radius 3 is 2.47 bits per heavy atom. The average molecular weight is 261 g/mol. The second-order valence-corrected chi connectivity index (χ2v) is 5.87. The van der Waals surface area contributed by atoms with Crippen LogP contribution in [0.15, 0.2) is 18.2 Å². The summed E-state index contributed by atoms with van der Waals surface area (Å²) < 4.78 is 11.5. The molecule has 2 aliphatic rings. The van der Waals surface area contributed by atoms with Gasteiger partial charge >= 0.3 is 0 Å². The fraction of sp³-hybridized carbons (Fsp3) is 0.625. The molecule has 2 saturated carbocycles. The molecular weight excluding hydrogens is 238 g/mol. The Morgan fingerprint density at radius 2 is 2.00 bits per heavy atom. The van der Waals surface area contributed by atoms with E-state index in [2.05, 4.69) is 12.1 Å². The SMILES string of the molecule is COc1ccc(C2(CN)CCC2)cc1OC1CCC1. The molecule has 1 aromatic carbocycles. The monoisotopic (exact) mass is 261 g/mol. The first-order valence-corrected chi connectivity index (χ1v) is 7.33. The van der Waals surface area contributed by atoms with Crippen LogP contribution in [0.1, 0.15) is 44.1 Å². The molecule has 0 amide bonds. The van der Waals surface area contributed by atoms with Crippen molar-refractivity contribution < 1.29 is 9.47 Å². The number of rotatable bonds is 5. The van der Waals surface area contributed by atoms with Crippen LogP contribution in [0.4, 0.5) is 0 Å². The molecule has 1 aromatic rings. The summed E-state index contributed by atoms with van der Waals surface area (Å²) in [4.78, 5) is 0. The summed E-state index contributed by atoms with van der Waals surface area (Å²) in [7, 11) is 1.70. The van der Waals surface area contributed by atoms with Gasteiger partial charge in [0, 0.05) is 12.0 Å². The van der Waals surface area contributed by atoms with Crippen molar-refractivity contribution >= 4 is 0 Å². The molecule has 0 aliphatic heterocycles. The van der Waals surface area contributed by atoms with E-state index in [4.69, 9.17) is 15.2 Å². The highest BCUT2D eigenvalue weighted by molar-refractivity contribution is 5.46. The van der Waals surface area contributed by atoms with Gasteiger partial charge in [-0.05, 0) is 49.8 Å². The van der Waals surface area contributed by atoms with Gasteiger partial charge in [-0.2, -0.15) is 0 Å². The molecule has 0 saturated heterocycles. The van der Waals surface area contributed by atoms with E-state index >= 15 is 0 Å². The molecule has 0 bridgehead atoms. The van der Waals surface area contributed by atoms with Crippen LogP contribution in [0, 0.1) is 0 Å². The van der Waals surface area contributed by atoms with Crippen molar-refractivity contribution in [1.82, 2.24) is 0 Å². The fourth-order valence-electron chi connectivity index (χ4n) is 2.98. The van der Waals surface area contributed by atoms with E-state index in [-0.39, 0.29) is 5.41 Å². The third kappa shape index (κ3) is 2.20. The first-order chi connectivity index (χ1) is 9.27. The van der Waals surface area contributed by atoms with Gasteiger partial charge in [0.05, 0.1) is 13.2 Å². The van der Waals surface area contributed by atoms with E-state index in [1.807, 2.05) is 6.07 Å². The van der Waals surface area contributed by atoms with E-state index in [1.165, 1.54) is 31.2 Å². The standard InChI is InChI=1S/C16H23NO2/c1-18-14-7-6-12(16(11-17)8-3-9-16)10-15(14)19-13-4-2-5-13/h6-7,10,13H,2-5,8-9,11,17H2,1H3. The van der Waals surface area contributed by atoms with Gasteiger partial charge in [0.1, 0.15) is 0 Å². The average Bonchev–Trinajstić information content (AvgIpc) is 2.33. The maximum Gasteiger partial charge on any atom is 0.161 e. The van der Waals surface area contributed by atoms with Gasteiger partial charge in [0.25, 0.3) is 0 Å². The highest BCUT2D eigenvalue weighted by Gasteiger charge is 2.37. The van der Waals surface area contributed by atoms with Gasteiger partial charge in [-0.25, -0.2) is 0 Å². The van der Waals surface area contributed by atoms with E-state index < -0.39 is 0 Å². The van der Waals surface area contributed by atoms with Gasteiger partial charge < -0.3 is 15.2 Å². The summed E-state index contributed by atoms with van der Waals surface area (Å²) in [5.74, 6) is 1.73. The van der Waals surface area contributed by atoms with Crippen LogP contribution in [-0.4, -0.2) is 19.8 Å². The van der Waals surface area contributed by atoms with Crippen molar-refractivity contribution in [3.63, 3.8) is 0 Å². The Morgan fingerprint density at radius 1 is 1.21 bits per heavy atom. The zero-order valence-electron chi connectivity index (χ0n) is 11.7. The molecule has 0 spiro atoms. The normalized spacial score (nSPS) is 21.4. The summed E-state index contributed by atoms with van der Waals surface area (Å²) in [6.45, 7) is 0.724. The van der Waals surface area contributed by atoms with Crippen LogP contribution in [0.5, 0.6) is 11.5 Å². The van der Waals surface area contributed by atoms with Crippen LogP contribution in [0.2, 0.25) is 0 Å². The van der Waals surface area contributed by atoms with E-state index in [0.717, 1.165) is 30.9 Å². The largest absolute Gasteiger partial charge is 0.493 e. The van der Waals surface area contributed by atoms with E-state index in [0.29, 0.717) is 6.10 Å². The number of hydrogen-bond acceptors (Lipinski definition) is 3. The fourth-order valence-corrected chi connectivity index (χ4v) is 2.98. The molecular formula is C16H23NO2. The first-order valence-electron chi connectivity index (χ1n) is 7.33. The lowest BCUT2D eigenvalue weighted by Crippen LogP contribution is -2.41. The van der Waals surface area contributed by atoms with Gasteiger partial charge in [0.15, 0.2) is 11.5 Å². The predicted molar refractivity (Wildman–Crippen MR) is 75.8 cm³/mol. The van der Waals surface area contributed by atoms with Gasteiger partial charge in [-0.3, -0.25) is 0 Å². The van der Waals surface area contributed by atoms with Crippen molar-refractivity contribution in [1.29, 1.82) is 0 Å². The molecule has 3 nitrogen and oxygen atoms in total. The molecule has 2 fully saturated rings. The quantitative estimate of drug-likeness (QED) is 0.886. The molecule has 0 aromatic heterocycles. The van der Waals surface area contributed by atoms with Crippen LogP contribution in [-0.2, 0) is 5.41 Å². The zero-order valence-corrected chi connectivity index (χ0v) is 11.7. The highest BCUT2D eigenvalue weighted by Crippen LogP contribution is 2.45. The molecule has 3 heteroatoms. The van der Waals surface area contributed by atoms with Crippen molar-refractivity contribution in [3.05, 3.63) is 23.8 Å². The molecule has 19 heavy (non-hydrogen) atoms. The topological polar surface area (TPSA) is 44.5 Å². The van der Waals surface area contributed by atoms with Crippen molar-refractivity contribution in [2.75, 3.05) is 13.7 Å². The Kier molecular flexibility index (Phi) is 3.40. The Hall–Kier alpha value is -1.22. The summed E-state index contributed by atoms with van der Waals surface area (Å²) >= 11 is 0. The Bertz CT molecular complexity index is 445. The van der Waals surface area contributed by atoms with E-state index in [1.54, 1.807) is 7.11 Å². The minimum atomic E-state index is 0.185. The highest BCUT2D eigenvalue weighted by atomic mass is 16.5. The molecule has 2 aliphatic carbocycles. The number of benzene rings is 1. The van der Waals surface area contributed by atoms with Gasteiger partial charge in [0.2, 0.25) is 0 Å². The maximum atomic E-state index is 6.06. The minimum absolute atomic E-state index is 0.185. The smallest absolute Gasteiger partial charge is 0.161 e. The lowest BCUT2D eigenvalue weighted by Gasteiger charge is -2.42. The van der Waals surface area contributed by atoms with Crippen molar-refractivity contribution in [3.8, 4) is 11.5 Å². The molecule has 0 heterocycles. The first kappa shape index (κ1) is 12.8. The number of nitrogens with two attached hydrogens (primary N) is 1. The second-order valence-electron chi connectivity index (χ2n) is 5.87. The molecule has 0 atom stereocenters. The zero-order chi connectivity index (χ0) is 13.3. The second kappa shape index (κ2) is 5.04. The molecule has 2 N–H and O–H groups in total. The molecule has 104 valence electrons. The number of ether oxygens (including phenoxy) is 2. The van der Waals surface area contributed by atoms with Gasteiger partial charge in [-0.15, -0.1) is 0 Å². The number of methoxy groups -OCH3 is 1. The lowest BCUT2D eigenvalue weighted by atomic mass is 9.64. The summed E-state index contributed by atoms with van der Waals surface area (Å²) in [5, 5.41) is 0. The Labute approximate surface area is 115 Å². The van der Waals surface area contributed by atoms with Crippen LogP contribution < -0.4 is 15.2 Å². The summed E-state index contributed by atoms with van der Waals surface area (Å²) in [5.41, 5.74) is 7.49. The lowest BCUT2D eigenvalue weighted by molar-refractivity contribution is 0.115. The predicted octanol–water partition coefficient (Wildman–Crippen LogP) is 3.01. The number of hydrogen-bond donors (Lipinski definition) is 1. The van der Waals surface area contributed by atoms with Crippen molar-refractivity contribution in [2.45, 2.75) is 50.0 Å². The summed E-state index contributed by atoms with van der Waals surface area (Å²) in [6.07, 6.45) is 7.64. The molecule has 0 unspecified atom stereocenters. The third-order valence-corrected chi connectivity index (χ3v) is 4.82. The third-order valence-electron chi connectivity index (χ3n) is 4.82. The minimum Gasteiger partial charge on any atom is -0.493 e. The van der Waals surface area contributed by atoms with E-state index in [9.17, 15) is 0 Å². The molecule has 0 radical (unpaired) electrons. The van der Waals surface area contributed by atoms with Crippen LogP contribution >= 0.6 is 0 Å². The van der Waals surface area contributed by atoms with Gasteiger partial charge in [-0.1, -0.05) is 12.5 Å². The maximum absolute atomic E-state index is 6.06. The van der Waals surface area contributed by atoms with Crippen LogP contribution in [0.25, 0.3) is 0 Å². The molecule has 3 rings (SSSR count). The Balaban J connectivity index is 1.87. The van der Waals surface area contributed by atoms with Crippen molar-refractivity contribution in [2.24, 2.45) is 5.73 Å². The van der Waals surface area contributed by atoms with Crippen LogP contribution in [0.3, 0.4) is 0 Å². The summed E-state index contributed by atoms with van der Waals surface area (Å²) in [6, 6.07) is 6.33.